The number of quaternary nitrogens is 1. The van der Waals surface area contributed by atoms with Gasteiger partial charge in [0.1, 0.15) is 5.82 Å². The summed E-state index contributed by atoms with van der Waals surface area (Å²) in [7, 11) is 0. The van der Waals surface area contributed by atoms with Crippen molar-refractivity contribution in [2.45, 2.75) is 50.2 Å². The molecule has 3 N–H and O–H groups in total. The van der Waals surface area contributed by atoms with E-state index in [4.69, 9.17) is 0 Å². The molecule has 0 aromatic heterocycles. The third kappa shape index (κ3) is 3.91. The number of rotatable bonds is 4. The second kappa shape index (κ2) is 7.13. The number of urea groups is 1. The third-order valence-corrected chi connectivity index (χ3v) is 5.09. The minimum atomic E-state index is -0.348. The Morgan fingerprint density at radius 1 is 1.35 bits per heavy atom. The first-order valence-electron chi connectivity index (χ1n) is 8.45. The maximum atomic E-state index is 13.2. The molecule has 4 nitrogen and oxygen atoms in total. The van der Waals surface area contributed by atoms with Crippen LogP contribution in [0.1, 0.15) is 32.1 Å². The Hall–Kier alpha value is -1.88. The van der Waals surface area contributed by atoms with Crippen molar-refractivity contribution in [2.75, 3.05) is 11.9 Å². The van der Waals surface area contributed by atoms with E-state index >= 15 is 0 Å². The minimum Gasteiger partial charge on any atom is -0.335 e. The molecule has 1 aromatic carbocycles. The van der Waals surface area contributed by atoms with Gasteiger partial charge < -0.3 is 15.5 Å². The van der Waals surface area contributed by atoms with Gasteiger partial charge in [-0.2, -0.15) is 0 Å². The molecular weight excluding hydrogens is 293 g/mol. The molecule has 2 amide bonds. The van der Waals surface area contributed by atoms with Gasteiger partial charge in [-0.1, -0.05) is 12.6 Å². The van der Waals surface area contributed by atoms with Crippen LogP contribution >= 0.6 is 0 Å². The van der Waals surface area contributed by atoms with E-state index in [1.165, 1.54) is 31.4 Å². The summed E-state index contributed by atoms with van der Waals surface area (Å²) in [5.74, 6) is -0.348. The van der Waals surface area contributed by atoms with Crippen LogP contribution in [0.3, 0.4) is 0 Å². The van der Waals surface area contributed by atoms with Crippen LogP contribution in [0.15, 0.2) is 36.9 Å². The van der Waals surface area contributed by atoms with Gasteiger partial charge in [0, 0.05) is 24.6 Å². The van der Waals surface area contributed by atoms with Gasteiger partial charge in [-0.25, -0.2) is 9.18 Å². The molecule has 2 saturated heterocycles. The molecule has 2 heterocycles. The molecule has 1 aromatic rings. The smallest absolute Gasteiger partial charge is 0.319 e. The SMILES string of the molecule is C=CC[NH+]1[C@@H]2CCC[C@H]1CC(NC(=O)Nc1cccc(F)c1)C2. The second-order valence-electron chi connectivity index (χ2n) is 6.67. The van der Waals surface area contributed by atoms with E-state index in [-0.39, 0.29) is 17.9 Å². The van der Waals surface area contributed by atoms with Gasteiger partial charge in [0.25, 0.3) is 0 Å². The van der Waals surface area contributed by atoms with E-state index in [2.05, 4.69) is 17.2 Å². The van der Waals surface area contributed by atoms with Crippen LogP contribution in [-0.2, 0) is 0 Å². The van der Waals surface area contributed by atoms with Crippen molar-refractivity contribution in [3.8, 4) is 0 Å². The van der Waals surface area contributed by atoms with Crippen molar-refractivity contribution in [1.29, 1.82) is 0 Å². The highest BCUT2D eigenvalue weighted by atomic mass is 19.1. The summed E-state index contributed by atoms with van der Waals surface area (Å²) in [5.41, 5.74) is 0.484. The number of carbonyl (C=O) groups is 1. The molecule has 4 atom stereocenters. The maximum absolute atomic E-state index is 13.2. The summed E-state index contributed by atoms with van der Waals surface area (Å²) < 4.78 is 13.2. The maximum Gasteiger partial charge on any atom is 0.319 e. The predicted octanol–water partition coefficient (Wildman–Crippen LogP) is 2.10. The summed E-state index contributed by atoms with van der Waals surface area (Å²) >= 11 is 0. The molecule has 2 fully saturated rings. The first-order valence-corrected chi connectivity index (χ1v) is 8.45. The van der Waals surface area contributed by atoms with Gasteiger partial charge in [-0.15, -0.1) is 0 Å². The van der Waals surface area contributed by atoms with Crippen LogP contribution in [-0.4, -0.2) is 30.7 Å². The van der Waals surface area contributed by atoms with Crippen LogP contribution < -0.4 is 15.5 Å². The van der Waals surface area contributed by atoms with Crippen molar-refractivity contribution in [2.24, 2.45) is 0 Å². The van der Waals surface area contributed by atoms with Crippen molar-refractivity contribution >= 4 is 11.7 Å². The number of hydrogen-bond donors (Lipinski definition) is 3. The molecule has 2 aliphatic heterocycles. The summed E-state index contributed by atoms with van der Waals surface area (Å²) in [6.07, 6.45) is 7.77. The number of piperidine rings is 2. The highest BCUT2D eigenvalue weighted by Gasteiger charge is 2.41. The third-order valence-electron chi connectivity index (χ3n) is 5.09. The highest BCUT2D eigenvalue weighted by molar-refractivity contribution is 5.89. The van der Waals surface area contributed by atoms with Gasteiger partial charge in [0.15, 0.2) is 0 Å². The monoisotopic (exact) mass is 318 g/mol. The first-order chi connectivity index (χ1) is 11.2. The van der Waals surface area contributed by atoms with Crippen LogP contribution in [0.4, 0.5) is 14.9 Å². The molecular formula is C18H25FN3O+. The molecule has 5 heteroatoms. The summed E-state index contributed by atoms with van der Waals surface area (Å²) in [6.45, 7) is 4.88. The molecule has 3 rings (SSSR count). The van der Waals surface area contributed by atoms with Crippen molar-refractivity contribution < 1.29 is 14.1 Å². The zero-order chi connectivity index (χ0) is 16.2. The van der Waals surface area contributed by atoms with Gasteiger partial charge in [0.05, 0.1) is 18.6 Å². The van der Waals surface area contributed by atoms with E-state index < -0.39 is 0 Å². The van der Waals surface area contributed by atoms with Crippen LogP contribution in [0.2, 0.25) is 0 Å². The molecule has 0 saturated carbocycles. The van der Waals surface area contributed by atoms with Gasteiger partial charge in [-0.05, 0) is 43.5 Å². The topological polar surface area (TPSA) is 45.6 Å². The van der Waals surface area contributed by atoms with E-state index in [9.17, 15) is 9.18 Å². The van der Waals surface area contributed by atoms with Crippen molar-refractivity contribution in [1.82, 2.24) is 5.32 Å². The standard InChI is InChI=1S/C18H24FN3O/c1-2-9-22-16-7-4-8-17(22)12-15(11-16)21-18(23)20-14-6-3-5-13(19)10-14/h2-3,5-6,10,15-17H,1,4,7-9,11-12H2,(H2,20,21,23)/p+1/t15?,16-,17+. The number of anilines is 1. The highest BCUT2D eigenvalue weighted by Crippen LogP contribution is 2.22. The van der Waals surface area contributed by atoms with E-state index in [0.717, 1.165) is 19.4 Å². The fourth-order valence-corrected chi connectivity index (χ4v) is 4.17. The van der Waals surface area contributed by atoms with E-state index in [0.29, 0.717) is 17.8 Å². The Morgan fingerprint density at radius 3 is 2.74 bits per heavy atom. The number of benzene rings is 1. The summed E-state index contributed by atoms with van der Waals surface area (Å²) in [6, 6.07) is 7.15. The Morgan fingerprint density at radius 2 is 2.09 bits per heavy atom. The van der Waals surface area contributed by atoms with E-state index in [1.54, 1.807) is 17.0 Å². The first kappa shape index (κ1) is 16.0. The van der Waals surface area contributed by atoms with Crippen LogP contribution in [0.25, 0.3) is 0 Å². The Labute approximate surface area is 136 Å². The molecule has 2 aliphatic rings. The molecule has 2 unspecified atom stereocenters. The summed E-state index contributed by atoms with van der Waals surface area (Å²) in [4.78, 5) is 13.8. The average Bonchev–Trinajstić information content (AvgIpc) is 2.48. The Kier molecular flexibility index (Phi) is 4.96. The normalized spacial score (nSPS) is 29.6. The number of nitrogens with one attached hydrogen (secondary N) is 3. The lowest BCUT2D eigenvalue weighted by atomic mass is 9.82. The number of halogens is 1. The molecule has 23 heavy (non-hydrogen) atoms. The number of carbonyl (C=O) groups excluding carboxylic acids is 1. The number of fused-ring (bicyclic) bond motifs is 2. The fourth-order valence-electron chi connectivity index (χ4n) is 4.17. The van der Waals surface area contributed by atoms with Crippen molar-refractivity contribution in [3.05, 3.63) is 42.7 Å². The van der Waals surface area contributed by atoms with Gasteiger partial charge >= 0.3 is 6.03 Å². The molecule has 0 radical (unpaired) electrons. The van der Waals surface area contributed by atoms with Gasteiger partial charge in [-0.3, -0.25) is 0 Å². The summed E-state index contributed by atoms with van der Waals surface area (Å²) in [5, 5.41) is 5.79. The zero-order valence-electron chi connectivity index (χ0n) is 13.4. The van der Waals surface area contributed by atoms with Gasteiger partial charge in [0.2, 0.25) is 0 Å². The molecule has 0 spiro atoms. The van der Waals surface area contributed by atoms with Crippen LogP contribution in [0.5, 0.6) is 0 Å². The van der Waals surface area contributed by atoms with E-state index in [1.807, 2.05) is 6.08 Å². The Balaban J connectivity index is 1.56. The quantitative estimate of drug-likeness (QED) is 0.732. The Bertz CT molecular complexity index is 563. The fraction of sp³-hybridized carbons (Fsp3) is 0.500. The zero-order valence-corrected chi connectivity index (χ0v) is 13.4. The second-order valence-corrected chi connectivity index (χ2v) is 6.67. The molecule has 2 bridgehead atoms. The number of amides is 2. The van der Waals surface area contributed by atoms with Crippen molar-refractivity contribution in [3.63, 3.8) is 0 Å². The van der Waals surface area contributed by atoms with Crippen LogP contribution in [0, 0.1) is 5.82 Å². The average molecular weight is 318 g/mol. The lowest BCUT2D eigenvalue weighted by Gasteiger charge is -2.45. The lowest BCUT2D eigenvalue weighted by molar-refractivity contribution is -0.955. The minimum absolute atomic E-state index is 0.201. The molecule has 0 aliphatic carbocycles. The predicted molar refractivity (Wildman–Crippen MR) is 89.0 cm³/mol. The lowest BCUT2D eigenvalue weighted by Crippen LogP contribution is -3.21. The largest absolute Gasteiger partial charge is 0.335 e. The number of hydrogen-bond acceptors (Lipinski definition) is 1. The molecule has 124 valence electrons.